The molecule has 0 bridgehead atoms. The van der Waals surface area contributed by atoms with Gasteiger partial charge in [-0.1, -0.05) is 0 Å². The number of nitrogens with one attached hydrogen (secondary N) is 1. The molecule has 0 amide bonds. The fourth-order valence-corrected chi connectivity index (χ4v) is 3.44. The van der Waals surface area contributed by atoms with Crippen LogP contribution in [0.25, 0.3) is 16.7 Å². The average molecular weight is 475 g/mol. The van der Waals surface area contributed by atoms with Crippen LogP contribution in [0.3, 0.4) is 0 Å². The maximum Gasteiger partial charge on any atom is 0.417 e. The summed E-state index contributed by atoms with van der Waals surface area (Å²) >= 11 is 0. The molecule has 0 radical (unpaired) electrons. The molecule has 0 saturated carbocycles. The molecule has 176 valence electrons. The van der Waals surface area contributed by atoms with E-state index in [2.05, 4.69) is 10.3 Å². The molecule has 0 spiro atoms. The Morgan fingerprint density at radius 1 is 0.941 bits per heavy atom. The second kappa shape index (κ2) is 8.77. The van der Waals surface area contributed by atoms with E-state index in [4.69, 9.17) is 4.74 Å². The van der Waals surface area contributed by atoms with Gasteiger partial charge in [-0.05, 0) is 62.4 Å². The largest absolute Gasteiger partial charge is 0.475 e. The number of fused-ring (bicyclic) bond motifs is 1. The summed E-state index contributed by atoms with van der Waals surface area (Å²) in [5.74, 6) is -1.34. The van der Waals surface area contributed by atoms with E-state index in [0.717, 1.165) is 18.2 Å². The number of benzene rings is 2. The lowest BCUT2D eigenvalue weighted by atomic mass is 10.1. The highest BCUT2D eigenvalue weighted by Gasteiger charge is 2.36. The van der Waals surface area contributed by atoms with Gasteiger partial charge in [-0.25, -0.2) is 8.78 Å². The predicted octanol–water partition coefficient (Wildman–Crippen LogP) is 6.21. The van der Waals surface area contributed by atoms with E-state index in [1.54, 1.807) is 13.8 Å². The van der Waals surface area contributed by atoms with Crippen LogP contribution in [0.1, 0.15) is 19.4 Å². The lowest BCUT2D eigenvalue weighted by Gasteiger charge is -2.21. The number of pyridine rings is 2. The first-order chi connectivity index (χ1) is 16.0. The van der Waals surface area contributed by atoms with Gasteiger partial charge in [-0.2, -0.15) is 18.2 Å². The Labute approximate surface area is 190 Å². The first-order valence-corrected chi connectivity index (χ1v) is 10.2. The quantitative estimate of drug-likeness (QED) is 0.349. The number of alkyl halides is 3. The summed E-state index contributed by atoms with van der Waals surface area (Å²) in [5.41, 5.74) is -1.88. The summed E-state index contributed by atoms with van der Waals surface area (Å²) in [4.78, 5) is 17.1. The van der Waals surface area contributed by atoms with Gasteiger partial charge in [0.1, 0.15) is 17.5 Å². The minimum Gasteiger partial charge on any atom is -0.475 e. The summed E-state index contributed by atoms with van der Waals surface area (Å²) in [7, 11) is 0. The summed E-state index contributed by atoms with van der Waals surface area (Å²) < 4.78 is 75.5. The standard InChI is InChI=1S/C24H18F5N3O2/c1-13(2)34-21-11-18(24(27,28)29)22-19(33)12-20(30-16-7-3-14(25)4-8-16)32(23(22)31-21)17-9-5-15(26)6-10-17/h3-13,30H,1-2H3. The molecule has 34 heavy (non-hydrogen) atoms. The van der Waals surface area contributed by atoms with Gasteiger partial charge in [0.2, 0.25) is 5.88 Å². The molecule has 2 aromatic carbocycles. The molecule has 4 rings (SSSR count). The minimum atomic E-state index is -4.87. The minimum absolute atomic E-state index is 0.0398. The molecule has 0 aliphatic rings. The zero-order chi connectivity index (χ0) is 24.6. The zero-order valence-corrected chi connectivity index (χ0v) is 18.0. The Hall–Kier alpha value is -3.95. The molecule has 0 aliphatic heterocycles. The van der Waals surface area contributed by atoms with Crippen molar-refractivity contribution in [2.45, 2.75) is 26.1 Å². The zero-order valence-electron chi connectivity index (χ0n) is 18.0. The van der Waals surface area contributed by atoms with Gasteiger partial charge in [0.05, 0.1) is 17.1 Å². The summed E-state index contributed by atoms with van der Waals surface area (Å²) in [5, 5.41) is 2.24. The van der Waals surface area contributed by atoms with E-state index in [9.17, 15) is 26.7 Å². The lowest BCUT2D eigenvalue weighted by Crippen LogP contribution is -2.19. The fraction of sp³-hybridized carbons (Fsp3) is 0.167. The summed E-state index contributed by atoms with van der Waals surface area (Å²) in [6.07, 6.45) is -5.36. The van der Waals surface area contributed by atoms with Crippen LogP contribution in [-0.2, 0) is 6.18 Å². The number of anilines is 2. The van der Waals surface area contributed by atoms with E-state index >= 15 is 0 Å². The Balaban J connectivity index is 2.08. The molecule has 0 atom stereocenters. The maximum atomic E-state index is 14.0. The number of halogens is 5. The van der Waals surface area contributed by atoms with Crippen molar-refractivity contribution in [3.8, 4) is 11.6 Å². The van der Waals surface area contributed by atoms with E-state index in [0.29, 0.717) is 11.8 Å². The number of rotatable bonds is 5. The Kier molecular flexibility index (Phi) is 5.99. The van der Waals surface area contributed by atoms with Crippen molar-refractivity contribution in [3.63, 3.8) is 0 Å². The summed E-state index contributed by atoms with van der Waals surface area (Å²) in [6.45, 7) is 3.25. The first kappa shape index (κ1) is 23.2. The molecule has 1 N–H and O–H groups in total. The average Bonchev–Trinajstić information content (AvgIpc) is 2.75. The van der Waals surface area contributed by atoms with Gasteiger partial charge in [-0.15, -0.1) is 0 Å². The highest BCUT2D eigenvalue weighted by atomic mass is 19.4. The summed E-state index contributed by atoms with van der Waals surface area (Å²) in [6, 6.07) is 11.7. The van der Waals surface area contributed by atoms with Crippen molar-refractivity contribution in [1.82, 2.24) is 9.55 Å². The topological polar surface area (TPSA) is 56.1 Å². The van der Waals surface area contributed by atoms with Crippen LogP contribution in [0.5, 0.6) is 5.88 Å². The van der Waals surface area contributed by atoms with Crippen molar-refractivity contribution in [2.24, 2.45) is 0 Å². The van der Waals surface area contributed by atoms with E-state index < -0.39 is 40.3 Å². The number of ether oxygens (including phenoxy) is 1. The molecule has 0 aliphatic carbocycles. The van der Waals surface area contributed by atoms with E-state index in [1.807, 2.05) is 0 Å². The van der Waals surface area contributed by atoms with Crippen molar-refractivity contribution in [3.05, 3.63) is 88.1 Å². The molecule has 2 aromatic heterocycles. The Bertz CT molecular complexity index is 1400. The van der Waals surface area contributed by atoms with Gasteiger partial charge in [0.25, 0.3) is 0 Å². The van der Waals surface area contributed by atoms with Crippen LogP contribution in [0, 0.1) is 11.6 Å². The van der Waals surface area contributed by atoms with Crippen molar-refractivity contribution in [2.75, 3.05) is 5.32 Å². The molecule has 5 nitrogen and oxygen atoms in total. The smallest absolute Gasteiger partial charge is 0.417 e. The Morgan fingerprint density at radius 3 is 2.09 bits per heavy atom. The SMILES string of the molecule is CC(C)Oc1cc(C(F)(F)F)c2c(=O)cc(Nc3ccc(F)cc3)n(-c3ccc(F)cc3)c2n1. The van der Waals surface area contributed by atoms with Gasteiger partial charge < -0.3 is 10.1 Å². The van der Waals surface area contributed by atoms with Gasteiger partial charge in [0, 0.05) is 23.5 Å². The number of hydrogen-bond donors (Lipinski definition) is 1. The van der Waals surface area contributed by atoms with E-state index in [-0.39, 0.29) is 23.0 Å². The third-order valence-electron chi connectivity index (χ3n) is 4.81. The fourth-order valence-electron chi connectivity index (χ4n) is 3.44. The molecule has 4 aromatic rings. The highest BCUT2D eigenvalue weighted by Crippen LogP contribution is 2.37. The van der Waals surface area contributed by atoms with E-state index in [1.165, 1.54) is 41.0 Å². The molecule has 10 heteroatoms. The predicted molar refractivity (Wildman–Crippen MR) is 118 cm³/mol. The second-order valence-electron chi connectivity index (χ2n) is 7.71. The van der Waals surface area contributed by atoms with Gasteiger partial charge >= 0.3 is 6.18 Å². The van der Waals surface area contributed by atoms with Crippen LogP contribution in [0.15, 0.2) is 65.5 Å². The Morgan fingerprint density at radius 2 is 1.53 bits per heavy atom. The maximum absolute atomic E-state index is 14.0. The van der Waals surface area contributed by atoms with Gasteiger partial charge in [0.15, 0.2) is 11.1 Å². The third kappa shape index (κ3) is 4.70. The van der Waals surface area contributed by atoms with Crippen LogP contribution in [-0.4, -0.2) is 15.7 Å². The molecule has 0 fully saturated rings. The van der Waals surface area contributed by atoms with Gasteiger partial charge in [-0.3, -0.25) is 9.36 Å². The first-order valence-electron chi connectivity index (χ1n) is 10.2. The monoisotopic (exact) mass is 475 g/mol. The second-order valence-corrected chi connectivity index (χ2v) is 7.71. The van der Waals surface area contributed by atoms with Crippen molar-refractivity contribution in [1.29, 1.82) is 0 Å². The molecular formula is C24H18F5N3O2. The van der Waals surface area contributed by atoms with Crippen LogP contribution in [0.2, 0.25) is 0 Å². The lowest BCUT2D eigenvalue weighted by molar-refractivity contribution is -0.136. The molecule has 0 saturated heterocycles. The van der Waals surface area contributed by atoms with Crippen LogP contribution in [0.4, 0.5) is 33.5 Å². The molecular weight excluding hydrogens is 457 g/mol. The van der Waals surface area contributed by atoms with Crippen LogP contribution < -0.4 is 15.5 Å². The number of hydrogen-bond acceptors (Lipinski definition) is 4. The number of aromatic nitrogens is 2. The molecule has 0 unspecified atom stereocenters. The van der Waals surface area contributed by atoms with Crippen LogP contribution >= 0.6 is 0 Å². The third-order valence-corrected chi connectivity index (χ3v) is 4.81. The molecule has 2 heterocycles. The number of nitrogens with zero attached hydrogens (tertiary/aromatic N) is 2. The van der Waals surface area contributed by atoms with Crippen molar-refractivity contribution < 1.29 is 26.7 Å². The normalized spacial score (nSPS) is 11.8. The van der Waals surface area contributed by atoms with Crippen molar-refractivity contribution >= 4 is 22.5 Å². The highest BCUT2D eigenvalue weighted by molar-refractivity contribution is 5.85.